The van der Waals surface area contributed by atoms with Crippen molar-refractivity contribution in [3.05, 3.63) is 45.1 Å². The first kappa shape index (κ1) is 21.9. The van der Waals surface area contributed by atoms with Crippen molar-refractivity contribution in [2.45, 2.75) is 39.2 Å². The normalized spacial score (nSPS) is 20.6. The van der Waals surface area contributed by atoms with Gasteiger partial charge in [-0.3, -0.25) is 9.80 Å². The lowest BCUT2D eigenvalue weighted by Gasteiger charge is -2.39. The summed E-state index contributed by atoms with van der Waals surface area (Å²) in [5.41, 5.74) is 1.75. The van der Waals surface area contributed by atoms with Crippen molar-refractivity contribution in [3.8, 4) is 0 Å². The van der Waals surface area contributed by atoms with Crippen LogP contribution in [0, 0.1) is 0 Å². The monoisotopic (exact) mass is 439 g/mol. The summed E-state index contributed by atoms with van der Waals surface area (Å²) >= 11 is 12.5. The largest absolute Gasteiger partial charge is 0.463 e. The second-order valence-corrected chi connectivity index (χ2v) is 8.05. The molecular weight excluding hydrogens is 413 g/mol. The third-order valence-electron chi connectivity index (χ3n) is 5.35. The van der Waals surface area contributed by atoms with Crippen LogP contribution in [-0.2, 0) is 9.53 Å². The highest BCUT2D eigenvalue weighted by atomic mass is 35.5. The topological polar surface area (TPSA) is 61.9 Å². The fraction of sp³-hybridized carbons (Fsp3) is 0.524. The van der Waals surface area contributed by atoms with E-state index in [-0.39, 0.29) is 12.6 Å². The fourth-order valence-electron chi connectivity index (χ4n) is 3.96. The summed E-state index contributed by atoms with van der Waals surface area (Å²) in [6.07, 6.45) is 3.45. The van der Waals surface area contributed by atoms with Crippen LogP contribution in [0.4, 0.5) is 4.79 Å². The summed E-state index contributed by atoms with van der Waals surface area (Å²) in [4.78, 5) is 29.9. The van der Waals surface area contributed by atoms with Gasteiger partial charge in [0.05, 0.1) is 18.2 Å². The van der Waals surface area contributed by atoms with E-state index in [0.29, 0.717) is 40.0 Å². The number of halogens is 2. The van der Waals surface area contributed by atoms with Crippen molar-refractivity contribution in [2.24, 2.45) is 0 Å². The van der Waals surface area contributed by atoms with Gasteiger partial charge in [0.1, 0.15) is 0 Å². The van der Waals surface area contributed by atoms with Crippen molar-refractivity contribution in [2.75, 3.05) is 32.8 Å². The van der Waals surface area contributed by atoms with E-state index < -0.39 is 12.0 Å². The summed E-state index contributed by atoms with van der Waals surface area (Å²) in [6, 6.07) is 4.13. The number of hydrogen-bond donors (Lipinski definition) is 1. The zero-order valence-corrected chi connectivity index (χ0v) is 18.4. The standard InChI is InChI=1S/C21H27Cl2N3O3/c1-3-26-17(13-25-10-6-5-7-11-25)18(20(27)29-4-2)19(24-21(26)28)15-9-8-14(22)12-16(15)23/h8-9,12,19H,3-7,10-11,13H2,1-2H3,(H,24,28). The molecule has 0 saturated carbocycles. The molecule has 0 aliphatic carbocycles. The molecule has 1 atom stereocenters. The van der Waals surface area contributed by atoms with Crippen molar-refractivity contribution >= 4 is 35.2 Å². The third kappa shape index (κ3) is 4.87. The molecule has 1 saturated heterocycles. The Morgan fingerprint density at radius 3 is 2.55 bits per heavy atom. The molecule has 2 aliphatic heterocycles. The molecule has 1 N–H and O–H groups in total. The van der Waals surface area contributed by atoms with E-state index in [0.717, 1.165) is 25.9 Å². The molecule has 3 rings (SSSR count). The van der Waals surface area contributed by atoms with Crippen molar-refractivity contribution in [3.63, 3.8) is 0 Å². The Balaban J connectivity index is 2.11. The highest BCUT2D eigenvalue weighted by Crippen LogP contribution is 2.36. The average molecular weight is 440 g/mol. The number of benzene rings is 1. The molecule has 29 heavy (non-hydrogen) atoms. The first-order valence-electron chi connectivity index (χ1n) is 10.1. The maximum Gasteiger partial charge on any atom is 0.338 e. The number of amides is 2. The number of carbonyl (C=O) groups excluding carboxylic acids is 2. The van der Waals surface area contributed by atoms with Crippen molar-refractivity contribution < 1.29 is 14.3 Å². The SMILES string of the molecule is CCOC(=O)C1=C(CN2CCCCC2)N(CC)C(=O)NC1c1ccc(Cl)cc1Cl. The highest BCUT2D eigenvalue weighted by molar-refractivity contribution is 6.35. The van der Waals surface area contributed by atoms with Crippen LogP contribution in [0.1, 0.15) is 44.7 Å². The minimum absolute atomic E-state index is 0.247. The molecular formula is C21H27Cl2N3O3. The van der Waals surface area contributed by atoms with E-state index >= 15 is 0 Å². The number of hydrogen-bond acceptors (Lipinski definition) is 4. The van der Waals surface area contributed by atoms with E-state index in [4.69, 9.17) is 27.9 Å². The molecule has 6 nitrogen and oxygen atoms in total. The molecule has 1 aromatic rings. The van der Waals surface area contributed by atoms with Crippen LogP contribution >= 0.6 is 23.2 Å². The molecule has 1 aromatic carbocycles. The lowest BCUT2D eigenvalue weighted by atomic mass is 9.93. The Bertz CT molecular complexity index is 806. The van der Waals surface area contributed by atoms with Crippen LogP contribution < -0.4 is 5.32 Å². The number of likely N-dealkylation sites (N-methyl/N-ethyl adjacent to an activating group) is 1. The first-order chi connectivity index (χ1) is 14.0. The zero-order chi connectivity index (χ0) is 21.0. The molecule has 0 aromatic heterocycles. The lowest BCUT2D eigenvalue weighted by molar-refractivity contribution is -0.139. The van der Waals surface area contributed by atoms with Crippen LogP contribution in [0.3, 0.4) is 0 Å². The Kier molecular flexibility index (Phi) is 7.44. The maximum atomic E-state index is 13.0. The van der Waals surface area contributed by atoms with Crippen molar-refractivity contribution in [1.29, 1.82) is 0 Å². The average Bonchev–Trinajstić information content (AvgIpc) is 2.69. The van der Waals surface area contributed by atoms with Gasteiger partial charge in [0.25, 0.3) is 0 Å². The molecule has 0 radical (unpaired) electrons. The van der Waals surface area contributed by atoms with E-state index in [9.17, 15) is 9.59 Å². The van der Waals surface area contributed by atoms with Gasteiger partial charge in [-0.05, 0) is 57.5 Å². The Hall–Kier alpha value is -1.76. The number of rotatable bonds is 6. The first-order valence-corrected chi connectivity index (χ1v) is 10.9. The molecule has 1 fully saturated rings. The van der Waals surface area contributed by atoms with Gasteiger partial charge < -0.3 is 10.1 Å². The number of nitrogens with one attached hydrogen (secondary N) is 1. The second kappa shape index (κ2) is 9.83. The molecule has 1 unspecified atom stereocenters. The lowest BCUT2D eigenvalue weighted by Crippen LogP contribution is -2.51. The number of piperidine rings is 1. The quantitative estimate of drug-likeness (QED) is 0.667. The van der Waals surface area contributed by atoms with E-state index in [1.807, 2.05) is 6.92 Å². The number of esters is 1. The van der Waals surface area contributed by atoms with Gasteiger partial charge in [-0.15, -0.1) is 0 Å². The Morgan fingerprint density at radius 2 is 1.93 bits per heavy atom. The van der Waals surface area contributed by atoms with Gasteiger partial charge in [-0.1, -0.05) is 35.7 Å². The van der Waals surface area contributed by atoms with Crippen LogP contribution in [0.5, 0.6) is 0 Å². The number of ether oxygens (including phenoxy) is 1. The molecule has 0 bridgehead atoms. The van der Waals surface area contributed by atoms with Crippen LogP contribution in [-0.4, -0.2) is 54.6 Å². The van der Waals surface area contributed by atoms with Gasteiger partial charge in [0.2, 0.25) is 0 Å². The number of likely N-dealkylation sites (tertiary alicyclic amines) is 1. The van der Waals surface area contributed by atoms with Gasteiger partial charge in [-0.2, -0.15) is 0 Å². The van der Waals surface area contributed by atoms with Crippen molar-refractivity contribution in [1.82, 2.24) is 15.1 Å². The number of urea groups is 1. The third-order valence-corrected chi connectivity index (χ3v) is 5.91. The fourth-order valence-corrected chi connectivity index (χ4v) is 4.47. The highest BCUT2D eigenvalue weighted by Gasteiger charge is 2.39. The predicted octanol–water partition coefficient (Wildman–Crippen LogP) is 4.38. The molecule has 2 amide bonds. The summed E-state index contributed by atoms with van der Waals surface area (Å²) in [5, 5.41) is 3.82. The van der Waals surface area contributed by atoms with E-state index in [1.165, 1.54) is 6.42 Å². The maximum absolute atomic E-state index is 13.0. The predicted molar refractivity (Wildman–Crippen MR) is 114 cm³/mol. The van der Waals surface area contributed by atoms with Crippen LogP contribution in [0.25, 0.3) is 0 Å². The molecule has 0 spiro atoms. The van der Waals surface area contributed by atoms with Gasteiger partial charge in [0.15, 0.2) is 0 Å². The summed E-state index contributed by atoms with van der Waals surface area (Å²) in [5.74, 6) is -0.436. The zero-order valence-electron chi connectivity index (χ0n) is 16.8. The molecule has 8 heteroatoms. The summed E-state index contributed by atoms with van der Waals surface area (Å²) < 4.78 is 5.38. The molecule has 2 heterocycles. The smallest absolute Gasteiger partial charge is 0.338 e. The van der Waals surface area contributed by atoms with Gasteiger partial charge >= 0.3 is 12.0 Å². The second-order valence-electron chi connectivity index (χ2n) is 7.21. The Morgan fingerprint density at radius 1 is 1.21 bits per heavy atom. The number of carbonyl (C=O) groups is 2. The van der Waals surface area contributed by atoms with Gasteiger partial charge in [0, 0.05) is 28.8 Å². The minimum Gasteiger partial charge on any atom is -0.463 e. The summed E-state index contributed by atoms with van der Waals surface area (Å²) in [7, 11) is 0. The minimum atomic E-state index is -0.686. The van der Waals surface area contributed by atoms with Crippen LogP contribution in [0.2, 0.25) is 10.0 Å². The number of nitrogens with zero attached hydrogens (tertiary/aromatic N) is 2. The van der Waals surface area contributed by atoms with Crippen LogP contribution in [0.15, 0.2) is 29.5 Å². The molecule has 158 valence electrons. The van der Waals surface area contributed by atoms with E-state index in [2.05, 4.69) is 10.2 Å². The van der Waals surface area contributed by atoms with Gasteiger partial charge in [-0.25, -0.2) is 9.59 Å². The summed E-state index contributed by atoms with van der Waals surface area (Å²) in [6.45, 7) is 6.80. The molecule has 2 aliphatic rings. The Labute approximate surface area is 181 Å². The van der Waals surface area contributed by atoms with E-state index in [1.54, 1.807) is 30.0 Å².